The Kier molecular flexibility index (Phi) is 8.67. The molecule has 6 nitrogen and oxygen atoms in total. The summed E-state index contributed by atoms with van der Waals surface area (Å²) in [7, 11) is 4.61. The lowest BCUT2D eigenvalue weighted by Gasteiger charge is -2.20. The van der Waals surface area contributed by atoms with E-state index in [4.69, 9.17) is 14.2 Å². The van der Waals surface area contributed by atoms with Crippen LogP contribution in [0.15, 0.2) is 66.7 Å². The first kappa shape index (κ1) is 24.8. The van der Waals surface area contributed by atoms with Gasteiger partial charge >= 0.3 is 6.61 Å². The molecule has 0 radical (unpaired) electrons. The lowest BCUT2D eigenvalue weighted by molar-refractivity contribution is -0.121. The fourth-order valence-corrected chi connectivity index (χ4v) is 3.62. The Morgan fingerprint density at radius 2 is 1.44 bits per heavy atom. The van der Waals surface area contributed by atoms with Crippen LogP contribution in [0.3, 0.4) is 0 Å². The molecule has 3 aromatic rings. The van der Waals surface area contributed by atoms with Crippen LogP contribution in [0.5, 0.6) is 23.0 Å². The number of hydrogen-bond acceptors (Lipinski definition) is 5. The topological polar surface area (TPSA) is 66.0 Å². The largest absolute Gasteiger partial charge is 0.493 e. The van der Waals surface area contributed by atoms with Gasteiger partial charge in [-0.1, -0.05) is 42.5 Å². The first-order valence-electron chi connectivity index (χ1n) is 10.6. The van der Waals surface area contributed by atoms with Crippen molar-refractivity contribution in [2.45, 2.75) is 25.5 Å². The molecule has 0 bridgehead atoms. The molecule has 0 fully saturated rings. The maximum absolute atomic E-state index is 12.9. The molecule has 180 valence electrons. The number of alkyl halides is 2. The van der Waals surface area contributed by atoms with Crippen molar-refractivity contribution in [2.24, 2.45) is 0 Å². The maximum atomic E-state index is 12.9. The highest BCUT2D eigenvalue weighted by molar-refractivity contribution is 5.77. The predicted octanol–water partition coefficient (Wildman–Crippen LogP) is 5.15. The van der Waals surface area contributed by atoms with Gasteiger partial charge in [0.05, 0.1) is 27.4 Å². The summed E-state index contributed by atoms with van der Waals surface area (Å²) in [5.74, 6) is 1.41. The molecular weight excluding hydrogens is 444 g/mol. The fraction of sp³-hybridized carbons (Fsp3) is 0.269. The predicted molar refractivity (Wildman–Crippen MR) is 124 cm³/mol. The van der Waals surface area contributed by atoms with Crippen LogP contribution < -0.4 is 24.3 Å². The Balaban J connectivity index is 1.75. The van der Waals surface area contributed by atoms with Crippen LogP contribution >= 0.6 is 0 Å². The van der Waals surface area contributed by atoms with Crippen LogP contribution in [0.1, 0.15) is 29.2 Å². The van der Waals surface area contributed by atoms with E-state index >= 15 is 0 Å². The molecule has 0 spiro atoms. The summed E-state index contributed by atoms with van der Waals surface area (Å²) in [6.07, 6.45) is 0.666. The van der Waals surface area contributed by atoms with Gasteiger partial charge in [0.25, 0.3) is 0 Å². The summed E-state index contributed by atoms with van der Waals surface area (Å²) >= 11 is 0. The third-order valence-electron chi connectivity index (χ3n) is 5.24. The number of benzene rings is 3. The van der Waals surface area contributed by atoms with Crippen LogP contribution in [0.2, 0.25) is 0 Å². The Hall–Kier alpha value is -3.81. The second-order valence-electron chi connectivity index (χ2n) is 7.39. The van der Waals surface area contributed by atoms with E-state index in [1.165, 1.54) is 33.5 Å². The van der Waals surface area contributed by atoms with Crippen molar-refractivity contribution in [1.82, 2.24) is 5.32 Å². The first-order chi connectivity index (χ1) is 16.4. The third kappa shape index (κ3) is 6.37. The second-order valence-corrected chi connectivity index (χ2v) is 7.39. The first-order valence-corrected chi connectivity index (χ1v) is 10.6. The fourth-order valence-electron chi connectivity index (χ4n) is 3.62. The smallest absolute Gasteiger partial charge is 0.387 e. The Labute approximate surface area is 197 Å². The van der Waals surface area contributed by atoms with Gasteiger partial charge in [0.15, 0.2) is 11.5 Å². The van der Waals surface area contributed by atoms with E-state index < -0.39 is 12.7 Å². The van der Waals surface area contributed by atoms with Crippen molar-refractivity contribution in [3.63, 3.8) is 0 Å². The van der Waals surface area contributed by atoms with Crippen LogP contribution in [-0.4, -0.2) is 33.8 Å². The summed E-state index contributed by atoms with van der Waals surface area (Å²) in [5.41, 5.74) is 2.47. The highest BCUT2D eigenvalue weighted by Crippen LogP contribution is 2.38. The summed E-state index contributed by atoms with van der Waals surface area (Å²) in [6, 6.07) is 18.8. The van der Waals surface area contributed by atoms with Crippen LogP contribution in [-0.2, 0) is 11.2 Å². The van der Waals surface area contributed by atoms with Gasteiger partial charge < -0.3 is 24.3 Å². The number of hydrogen-bond donors (Lipinski definition) is 1. The van der Waals surface area contributed by atoms with Crippen molar-refractivity contribution in [1.29, 1.82) is 0 Å². The number of halogens is 2. The molecule has 1 unspecified atom stereocenters. The van der Waals surface area contributed by atoms with Crippen molar-refractivity contribution < 1.29 is 32.5 Å². The lowest BCUT2D eigenvalue weighted by Crippen LogP contribution is -2.29. The third-order valence-corrected chi connectivity index (χ3v) is 5.24. The van der Waals surface area contributed by atoms with Gasteiger partial charge in [-0.25, -0.2) is 0 Å². The number of aryl methyl sites for hydroxylation is 1. The van der Waals surface area contributed by atoms with E-state index in [0.717, 1.165) is 16.7 Å². The molecule has 1 N–H and O–H groups in total. The molecular formula is C26H27F2NO5. The van der Waals surface area contributed by atoms with Crippen molar-refractivity contribution >= 4 is 5.91 Å². The average molecular weight is 472 g/mol. The van der Waals surface area contributed by atoms with E-state index in [0.29, 0.717) is 23.7 Å². The van der Waals surface area contributed by atoms with E-state index in [2.05, 4.69) is 10.1 Å². The summed E-state index contributed by atoms with van der Waals surface area (Å²) in [4.78, 5) is 12.9. The number of ether oxygens (including phenoxy) is 4. The zero-order chi connectivity index (χ0) is 24.5. The molecule has 3 rings (SSSR count). The number of carbonyl (C=O) groups is 1. The van der Waals surface area contributed by atoms with Gasteiger partial charge in [0.1, 0.15) is 5.75 Å². The zero-order valence-electron chi connectivity index (χ0n) is 19.2. The van der Waals surface area contributed by atoms with Gasteiger partial charge in [0, 0.05) is 6.42 Å². The highest BCUT2D eigenvalue weighted by atomic mass is 19.3. The van der Waals surface area contributed by atoms with Crippen LogP contribution in [0, 0.1) is 0 Å². The molecule has 1 amide bonds. The van der Waals surface area contributed by atoms with Crippen LogP contribution in [0.25, 0.3) is 0 Å². The quantitative estimate of drug-likeness (QED) is 0.419. The van der Waals surface area contributed by atoms with Gasteiger partial charge in [-0.05, 0) is 47.4 Å². The summed E-state index contributed by atoms with van der Waals surface area (Å²) < 4.78 is 45.5. The monoisotopic (exact) mass is 471 g/mol. The molecule has 3 aromatic carbocycles. The molecule has 0 saturated carbocycles. The normalized spacial score (nSPS) is 11.6. The molecule has 0 saturated heterocycles. The number of amides is 1. The zero-order valence-corrected chi connectivity index (χ0v) is 19.2. The number of rotatable bonds is 11. The van der Waals surface area contributed by atoms with Crippen molar-refractivity contribution in [3.8, 4) is 23.0 Å². The minimum atomic E-state index is -2.90. The van der Waals surface area contributed by atoms with Gasteiger partial charge in [-0.15, -0.1) is 0 Å². The number of methoxy groups -OCH3 is 3. The van der Waals surface area contributed by atoms with Gasteiger partial charge in [0.2, 0.25) is 11.7 Å². The molecule has 0 aliphatic heterocycles. The SMILES string of the molecule is COc1cc(CCC(=O)NC(c2ccccc2)c2ccc(OC(F)F)cc2)cc(OC)c1OC. The summed E-state index contributed by atoms with van der Waals surface area (Å²) in [6.45, 7) is -2.90. The van der Waals surface area contributed by atoms with E-state index in [1.54, 1.807) is 12.1 Å². The van der Waals surface area contributed by atoms with Crippen LogP contribution in [0.4, 0.5) is 8.78 Å². The molecule has 0 aliphatic carbocycles. The van der Waals surface area contributed by atoms with E-state index in [-0.39, 0.29) is 18.1 Å². The van der Waals surface area contributed by atoms with Crippen molar-refractivity contribution in [2.75, 3.05) is 21.3 Å². The number of nitrogens with one attached hydrogen (secondary N) is 1. The Morgan fingerprint density at radius 3 is 1.97 bits per heavy atom. The minimum Gasteiger partial charge on any atom is -0.493 e. The molecule has 0 aromatic heterocycles. The average Bonchev–Trinajstić information content (AvgIpc) is 2.86. The van der Waals surface area contributed by atoms with Crippen molar-refractivity contribution in [3.05, 3.63) is 83.4 Å². The minimum absolute atomic E-state index is 0.0549. The standard InChI is InChI=1S/C26H27F2NO5/c1-31-21-15-17(16-22(32-2)25(21)33-3)9-14-23(30)29-24(18-7-5-4-6-8-18)19-10-12-20(13-11-19)34-26(27)28/h4-8,10-13,15-16,24,26H,9,14H2,1-3H3,(H,29,30). The number of carbonyl (C=O) groups excluding carboxylic acids is 1. The molecule has 0 aliphatic rings. The molecule has 8 heteroatoms. The summed E-state index contributed by atoms with van der Waals surface area (Å²) in [5, 5.41) is 3.04. The van der Waals surface area contributed by atoms with E-state index in [9.17, 15) is 13.6 Å². The lowest BCUT2D eigenvalue weighted by atomic mass is 9.98. The second kappa shape index (κ2) is 11.9. The Bertz CT molecular complexity index is 1050. The van der Waals surface area contributed by atoms with Gasteiger partial charge in [-0.3, -0.25) is 4.79 Å². The van der Waals surface area contributed by atoms with Gasteiger partial charge in [-0.2, -0.15) is 8.78 Å². The maximum Gasteiger partial charge on any atom is 0.387 e. The molecule has 34 heavy (non-hydrogen) atoms. The highest BCUT2D eigenvalue weighted by Gasteiger charge is 2.18. The Morgan fingerprint density at radius 1 is 0.853 bits per heavy atom. The molecule has 0 heterocycles. The van der Waals surface area contributed by atoms with E-state index in [1.807, 2.05) is 42.5 Å². The molecule has 1 atom stereocenters.